The van der Waals surface area contributed by atoms with Crippen LogP contribution >= 0.6 is 23.2 Å². The molecule has 0 aliphatic carbocycles. The monoisotopic (exact) mass is 584 g/mol. The maximum atomic E-state index is 12.6. The van der Waals surface area contributed by atoms with E-state index >= 15 is 0 Å². The second-order valence-electron chi connectivity index (χ2n) is 10.2. The molecule has 0 bridgehead atoms. The smallest absolute Gasteiger partial charge is 0.162 e. The molecule has 7 heteroatoms. The Labute approximate surface area is 249 Å². The highest BCUT2D eigenvalue weighted by molar-refractivity contribution is 6.35. The summed E-state index contributed by atoms with van der Waals surface area (Å²) in [5.41, 5.74) is 5.18. The Morgan fingerprint density at radius 3 is 2.20 bits per heavy atom. The molecule has 1 heterocycles. The van der Waals surface area contributed by atoms with Gasteiger partial charge in [-0.25, -0.2) is 0 Å². The van der Waals surface area contributed by atoms with Crippen molar-refractivity contribution in [2.75, 3.05) is 7.11 Å². The van der Waals surface area contributed by atoms with Crippen LogP contribution in [0.25, 0.3) is 33.3 Å². The summed E-state index contributed by atoms with van der Waals surface area (Å²) in [7, 11) is 1.66. The molecule has 208 valence electrons. The molecule has 5 rings (SSSR count). The Bertz CT molecular complexity index is 1720. The summed E-state index contributed by atoms with van der Waals surface area (Å²) in [5.74, 6) is 0.950. The normalized spacial score (nSPS) is 11.9. The van der Waals surface area contributed by atoms with Crippen molar-refractivity contribution in [2.45, 2.75) is 39.2 Å². The number of hydrogen-bond donors (Lipinski definition) is 0. The molecular formula is C34H30Cl2N2O3. The van der Waals surface area contributed by atoms with Gasteiger partial charge in [-0.05, 0) is 79.1 Å². The second-order valence-corrected chi connectivity index (χ2v) is 11.1. The zero-order valence-electron chi connectivity index (χ0n) is 23.2. The van der Waals surface area contributed by atoms with Gasteiger partial charge in [-0.3, -0.25) is 9.48 Å². The number of aromatic nitrogens is 2. The van der Waals surface area contributed by atoms with Crippen LogP contribution in [0.5, 0.6) is 5.75 Å². The van der Waals surface area contributed by atoms with Gasteiger partial charge in [0.25, 0.3) is 0 Å². The van der Waals surface area contributed by atoms with Crippen LogP contribution in [0, 0.1) is 0 Å². The van der Waals surface area contributed by atoms with Crippen molar-refractivity contribution in [2.24, 2.45) is 0 Å². The molecule has 0 spiro atoms. The molecule has 0 N–H and O–H groups in total. The van der Waals surface area contributed by atoms with Gasteiger partial charge >= 0.3 is 0 Å². The Morgan fingerprint density at radius 2 is 1.51 bits per heavy atom. The molecule has 0 amide bonds. The molecule has 41 heavy (non-hydrogen) atoms. The van der Waals surface area contributed by atoms with Crippen LogP contribution < -0.4 is 4.74 Å². The molecule has 0 radical (unpaired) electrons. The van der Waals surface area contributed by atoms with Gasteiger partial charge < -0.3 is 9.53 Å². The number of benzene rings is 4. The summed E-state index contributed by atoms with van der Waals surface area (Å²) in [4.78, 5) is 23.8. The fourth-order valence-corrected chi connectivity index (χ4v) is 5.52. The van der Waals surface area contributed by atoms with Crippen molar-refractivity contribution in [1.82, 2.24) is 9.78 Å². The van der Waals surface area contributed by atoms with E-state index in [4.69, 9.17) is 33.0 Å². The number of hydrogen-bond acceptors (Lipinski definition) is 4. The molecule has 0 saturated carbocycles. The molecule has 4 aromatic carbocycles. The van der Waals surface area contributed by atoms with Crippen LogP contribution in [0.1, 0.15) is 55.1 Å². The van der Waals surface area contributed by atoms with E-state index in [2.05, 4.69) is 31.2 Å². The van der Waals surface area contributed by atoms with Gasteiger partial charge in [-0.2, -0.15) is 5.10 Å². The minimum atomic E-state index is -0.137. The zero-order chi connectivity index (χ0) is 29.1. The Balaban J connectivity index is 1.53. The fourth-order valence-electron chi connectivity index (χ4n) is 4.99. The quantitative estimate of drug-likeness (QED) is 0.153. The number of ketones is 2. The topological polar surface area (TPSA) is 61.2 Å². The highest BCUT2D eigenvalue weighted by Gasteiger charge is 2.19. The van der Waals surface area contributed by atoms with Gasteiger partial charge in [-0.1, -0.05) is 65.7 Å². The average molecular weight is 586 g/mol. The van der Waals surface area contributed by atoms with Crippen molar-refractivity contribution in [3.05, 3.63) is 106 Å². The van der Waals surface area contributed by atoms with Crippen LogP contribution in [0.2, 0.25) is 10.0 Å². The molecule has 0 aliphatic rings. The largest absolute Gasteiger partial charge is 0.497 e. The standard InChI is InChI=1S/C34H30Cl2N2O3/c1-21(39)5-4-6-34(40)24-9-7-23(8-10-24)22(2)38-33(20-32(37-38)28-16-29(35)19-30(36)17-28)27-12-11-26-18-31(41-3)14-13-25(26)15-27/h7-20,22H,4-6H2,1-3H3. The van der Waals surface area contributed by atoms with Crippen LogP contribution in [0.3, 0.4) is 0 Å². The number of halogens is 2. The summed E-state index contributed by atoms with van der Waals surface area (Å²) < 4.78 is 7.39. The van der Waals surface area contributed by atoms with Crippen LogP contribution in [-0.2, 0) is 4.79 Å². The summed E-state index contributed by atoms with van der Waals surface area (Å²) in [6.45, 7) is 3.63. The van der Waals surface area contributed by atoms with E-state index in [1.807, 2.05) is 59.3 Å². The summed E-state index contributed by atoms with van der Waals surface area (Å²) >= 11 is 12.7. The maximum absolute atomic E-state index is 12.6. The van der Waals surface area contributed by atoms with Crippen LogP contribution in [-0.4, -0.2) is 28.5 Å². The van der Waals surface area contributed by atoms with Crippen LogP contribution in [0.4, 0.5) is 0 Å². The average Bonchev–Trinajstić information content (AvgIpc) is 3.41. The van der Waals surface area contributed by atoms with E-state index in [9.17, 15) is 9.59 Å². The molecule has 0 saturated heterocycles. The zero-order valence-corrected chi connectivity index (χ0v) is 24.7. The summed E-state index contributed by atoms with van der Waals surface area (Å²) in [6, 6.07) is 27.3. The summed E-state index contributed by atoms with van der Waals surface area (Å²) in [5, 5.41) is 8.27. The van der Waals surface area contributed by atoms with Crippen LogP contribution in [0.15, 0.2) is 84.9 Å². The number of carbonyl (C=O) groups excluding carboxylic acids is 2. The minimum absolute atomic E-state index is 0.0400. The Morgan fingerprint density at radius 1 is 0.829 bits per heavy atom. The van der Waals surface area contributed by atoms with E-state index in [0.717, 1.165) is 44.6 Å². The molecule has 5 aromatic rings. The lowest BCUT2D eigenvalue weighted by Crippen LogP contribution is -2.11. The predicted octanol–water partition coefficient (Wildman–Crippen LogP) is 9.24. The number of carbonyl (C=O) groups is 2. The molecule has 1 atom stereocenters. The van der Waals surface area contributed by atoms with Gasteiger partial charge in [-0.15, -0.1) is 0 Å². The molecule has 1 aromatic heterocycles. The number of nitrogens with zero attached hydrogens (tertiary/aromatic N) is 2. The Kier molecular flexibility index (Phi) is 8.57. The van der Waals surface area contributed by atoms with Gasteiger partial charge in [0, 0.05) is 39.6 Å². The number of ether oxygens (including phenoxy) is 1. The van der Waals surface area contributed by atoms with Crippen molar-refractivity contribution >= 4 is 45.5 Å². The third kappa shape index (κ3) is 6.53. The van der Waals surface area contributed by atoms with E-state index in [1.54, 1.807) is 20.1 Å². The first-order chi connectivity index (χ1) is 19.7. The number of Topliss-reactive ketones (excluding diaryl/α,β-unsaturated/α-hetero) is 2. The fraction of sp³-hybridized carbons (Fsp3) is 0.206. The van der Waals surface area contributed by atoms with Crippen molar-refractivity contribution in [3.8, 4) is 28.3 Å². The molecule has 5 nitrogen and oxygen atoms in total. The van der Waals surface area contributed by atoms with Crippen molar-refractivity contribution in [3.63, 3.8) is 0 Å². The van der Waals surface area contributed by atoms with Crippen molar-refractivity contribution in [1.29, 1.82) is 0 Å². The number of rotatable bonds is 10. The first-order valence-corrected chi connectivity index (χ1v) is 14.2. The van der Waals surface area contributed by atoms with Gasteiger partial charge in [0.2, 0.25) is 0 Å². The van der Waals surface area contributed by atoms with Gasteiger partial charge in [0.1, 0.15) is 11.5 Å². The SMILES string of the molecule is COc1ccc2cc(-c3cc(-c4cc(Cl)cc(Cl)c4)nn3C(C)c3ccc(C(=O)CCCC(C)=O)cc3)ccc2c1. The van der Waals surface area contributed by atoms with Crippen molar-refractivity contribution < 1.29 is 14.3 Å². The molecule has 1 unspecified atom stereocenters. The van der Waals surface area contributed by atoms with E-state index < -0.39 is 0 Å². The third-order valence-corrected chi connectivity index (χ3v) is 7.69. The lowest BCUT2D eigenvalue weighted by Gasteiger charge is -2.17. The second kappa shape index (κ2) is 12.3. The highest BCUT2D eigenvalue weighted by Crippen LogP contribution is 2.35. The summed E-state index contributed by atoms with van der Waals surface area (Å²) in [6.07, 6.45) is 1.35. The maximum Gasteiger partial charge on any atom is 0.162 e. The van der Waals surface area contributed by atoms with Gasteiger partial charge in [0.05, 0.1) is 24.5 Å². The van der Waals surface area contributed by atoms with E-state index in [0.29, 0.717) is 34.9 Å². The molecular weight excluding hydrogens is 555 g/mol. The molecule has 0 fully saturated rings. The lowest BCUT2D eigenvalue weighted by molar-refractivity contribution is -0.117. The van der Waals surface area contributed by atoms with E-state index in [-0.39, 0.29) is 17.6 Å². The third-order valence-electron chi connectivity index (χ3n) is 7.25. The first kappa shape index (κ1) is 28.6. The predicted molar refractivity (Wildman–Crippen MR) is 166 cm³/mol. The number of fused-ring (bicyclic) bond motifs is 1. The lowest BCUT2D eigenvalue weighted by atomic mass is 10.0. The first-order valence-electron chi connectivity index (χ1n) is 13.5. The number of methoxy groups -OCH3 is 1. The minimum Gasteiger partial charge on any atom is -0.497 e. The highest BCUT2D eigenvalue weighted by atomic mass is 35.5. The van der Waals surface area contributed by atoms with Gasteiger partial charge in [0.15, 0.2) is 5.78 Å². The van der Waals surface area contributed by atoms with E-state index in [1.165, 1.54) is 0 Å². The Hall–Kier alpha value is -3.93. The molecule has 0 aliphatic heterocycles.